The maximum absolute atomic E-state index is 12.4. The highest BCUT2D eigenvalue weighted by Crippen LogP contribution is 2.29. The average Bonchev–Trinajstić information content (AvgIpc) is 2.37. The standard InChI is InChI=1S/C14H15F3N2O3/c1-8(20)11(13(22)19(2)3)12(21)18-10-6-4-9(5-7-10)14(15,16)17/h4-7,20H,1-3H3,(H,18,21). The Morgan fingerprint density at radius 3 is 2.00 bits per heavy atom. The van der Waals surface area contributed by atoms with Crippen LogP contribution in [0.2, 0.25) is 0 Å². The summed E-state index contributed by atoms with van der Waals surface area (Å²) in [6, 6.07) is 3.73. The fourth-order valence-electron chi connectivity index (χ4n) is 1.58. The lowest BCUT2D eigenvalue weighted by atomic mass is 10.1. The number of aliphatic hydroxyl groups is 1. The lowest BCUT2D eigenvalue weighted by molar-refractivity contribution is -0.137. The summed E-state index contributed by atoms with van der Waals surface area (Å²) < 4.78 is 37.3. The van der Waals surface area contributed by atoms with E-state index < -0.39 is 34.9 Å². The molecule has 2 amide bonds. The molecule has 2 N–H and O–H groups in total. The lowest BCUT2D eigenvalue weighted by Crippen LogP contribution is -2.31. The van der Waals surface area contributed by atoms with Crippen molar-refractivity contribution in [2.45, 2.75) is 13.1 Å². The zero-order valence-corrected chi connectivity index (χ0v) is 12.2. The molecule has 1 rings (SSSR count). The molecule has 1 aromatic rings. The third-order valence-electron chi connectivity index (χ3n) is 2.68. The molecule has 0 spiro atoms. The molecule has 0 aromatic heterocycles. The summed E-state index contributed by atoms with van der Waals surface area (Å²) in [5.41, 5.74) is -1.27. The van der Waals surface area contributed by atoms with E-state index in [-0.39, 0.29) is 5.69 Å². The van der Waals surface area contributed by atoms with Gasteiger partial charge in [0.05, 0.1) is 5.56 Å². The molecule has 120 valence electrons. The van der Waals surface area contributed by atoms with Crippen LogP contribution < -0.4 is 5.32 Å². The fraction of sp³-hybridized carbons (Fsp3) is 0.286. The van der Waals surface area contributed by atoms with Gasteiger partial charge >= 0.3 is 6.18 Å². The fourth-order valence-corrected chi connectivity index (χ4v) is 1.58. The summed E-state index contributed by atoms with van der Waals surface area (Å²) in [5.74, 6) is -2.11. The molecule has 0 heterocycles. The van der Waals surface area contributed by atoms with E-state index in [1.807, 2.05) is 0 Å². The number of hydrogen-bond donors (Lipinski definition) is 2. The number of aliphatic hydroxyl groups excluding tert-OH is 1. The Bertz CT molecular complexity index is 601. The van der Waals surface area contributed by atoms with Gasteiger partial charge in [0.2, 0.25) is 0 Å². The van der Waals surface area contributed by atoms with Gasteiger partial charge in [-0.25, -0.2) is 0 Å². The minimum Gasteiger partial charge on any atom is -0.512 e. The lowest BCUT2D eigenvalue weighted by Gasteiger charge is -2.14. The van der Waals surface area contributed by atoms with Crippen molar-refractivity contribution < 1.29 is 27.9 Å². The largest absolute Gasteiger partial charge is 0.512 e. The summed E-state index contributed by atoms with van der Waals surface area (Å²) >= 11 is 0. The maximum Gasteiger partial charge on any atom is 0.416 e. The number of benzene rings is 1. The number of allylic oxidation sites excluding steroid dienone is 1. The van der Waals surface area contributed by atoms with Crippen molar-refractivity contribution in [3.8, 4) is 0 Å². The van der Waals surface area contributed by atoms with Crippen LogP contribution >= 0.6 is 0 Å². The smallest absolute Gasteiger partial charge is 0.416 e. The highest BCUT2D eigenvalue weighted by Gasteiger charge is 2.30. The van der Waals surface area contributed by atoms with E-state index in [0.29, 0.717) is 0 Å². The van der Waals surface area contributed by atoms with Crippen molar-refractivity contribution in [2.75, 3.05) is 19.4 Å². The molecule has 5 nitrogen and oxygen atoms in total. The van der Waals surface area contributed by atoms with Crippen LogP contribution in [0.4, 0.5) is 18.9 Å². The van der Waals surface area contributed by atoms with Crippen LogP contribution in [0.1, 0.15) is 12.5 Å². The van der Waals surface area contributed by atoms with Gasteiger partial charge in [-0.15, -0.1) is 0 Å². The van der Waals surface area contributed by atoms with E-state index >= 15 is 0 Å². The van der Waals surface area contributed by atoms with Crippen LogP contribution in [0.25, 0.3) is 0 Å². The van der Waals surface area contributed by atoms with Gasteiger partial charge in [-0.2, -0.15) is 13.2 Å². The van der Waals surface area contributed by atoms with Crippen LogP contribution in [0.5, 0.6) is 0 Å². The van der Waals surface area contributed by atoms with Gasteiger partial charge in [-0.1, -0.05) is 0 Å². The Morgan fingerprint density at radius 1 is 1.14 bits per heavy atom. The number of nitrogens with one attached hydrogen (secondary N) is 1. The zero-order chi connectivity index (χ0) is 17.1. The second-order valence-electron chi connectivity index (χ2n) is 4.69. The Balaban J connectivity index is 2.97. The first-order valence-electron chi connectivity index (χ1n) is 6.14. The Hall–Kier alpha value is -2.51. The molecule has 0 aliphatic heterocycles. The first kappa shape index (κ1) is 17.5. The van der Waals surface area contributed by atoms with Gasteiger partial charge in [0.1, 0.15) is 11.3 Å². The molecule has 0 atom stereocenters. The molecule has 0 saturated carbocycles. The normalized spacial score (nSPS) is 12.5. The number of carbonyl (C=O) groups excluding carboxylic acids is 2. The quantitative estimate of drug-likeness (QED) is 0.390. The maximum atomic E-state index is 12.4. The number of hydrogen-bond acceptors (Lipinski definition) is 3. The highest BCUT2D eigenvalue weighted by atomic mass is 19.4. The summed E-state index contributed by atoms with van der Waals surface area (Å²) in [5, 5.41) is 11.7. The molecule has 0 fully saturated rings. The van der Waals surface area contributed by atoms with Crippen molar-refractivity contribution in [1.82, 2.24) is 4.90 Å². The van der Waals surface area contributed by atoms with E-state index in [9.17, 15) is 27.9 Å². The number of alkyl halides is 3. The topological polar surface area (TPSA) is 69.6 Å². The van der Waals surface area contributed by atoms with E-state index in [1.54, 1.807) is 0 Å². The molecule has 0 aliphatic rings. The minimum absolute atomic E-state index is 0.0725. The second-order valence-corrected chi connectivity index (χ2v) is 4.69. The zero-order valence-electron chi connectivity index (χ0n) is 12.2. The predicted octanol–water partition coefficient (Wildman–Crippen LogP) is 2.56. The number of likely N-dealkylation sites (N-methyl/N-ethyl adjacent to an activating group) is 1. The average molecular weight is 316 g/mol. The van der Waals surface area contributed by atoms with E-state index in [2.05, 4.69) is 5.32 Å². The van der Waals surface area contributed by atoms with E-state index in [1.165, 1.54) is 21.0 Å². The number of halogens is 3. The van der Waals surface area contributed by atoms with Gasteiger partial charge in [-0.05, 0) is 31.2 Å². The van der Waals surface area contributed by atoms with Crippen molar-refractivity contribution >= 4 is 17.5 Å². The number of anilines is 1. The second kappa shape index (κ2) is 6.50. The molecule has 0 unspecified atom stereocenters. The van der Waals surface area contributed by atoms with Gasteiger partial charge < -0.3 is 15.3 Å². The third kappa shape index (κ3) is 4.24. The van der Waals surface area contributed by atoms with Crippen LogP contribution in [0, 0.1) is 0 Å². The molecule has 1 aromatic carbocycles. The van der Waals surface area contributed by atoms with Gasteiger partial charge in [0.15, 0.2) is 0 Å². The van der Waals surface area contributed by atoms with Gasteiger partial charge in [-0.3, -0.25) is 9.59 Å². The van der Waals surface area contributed by atoms with Gasteiger partial charge in [0, 0.05) is 19.8 Å². The van der Waals surface area contributed by atoms with Crippen LogP contribution in [0.3, 0.4) is 0 Å². The van der Waals surface area contributed by atoms with Crippen molar-refractivity contribution in [3.05, 3.63) is 41.2 Å². The Labute approximate surface area is 125 Å². The molecule has 0 radical (unpaired) electrons. The highest BCUT2D eigenvalue weighted by molar-refractivity contribution is 6.22. The monoisotopic (exact) mass is 316 g/mol. The van der Waals surface area contributed by atoms with Crippen molar-refractivity contribution in [2.24, 2.45) is 0 Å². The molecular weight excluding hydrogens is 301 g/mol. The Morgan fingerprint density at radius 2 is 1.64 bits per heavy atom. The van der Waals surface area contributed by atoms with Crippen LogP contribution in [-0.4, -0.2) is 35.9 Å². The summed E-state index contributed by atoms with van der Waals surface area (Å²) in [6.45, 7) is 1.17. The SMILES string of the molecule is CC(O)=C(C(=O)Nc1ccc(C(F)(F)F)cc1)C(=O)N(C)C. The molecule has 0 aliphatic carbocycles. The van der Waals surface area contributed by atoms with E-state index in [4.69, 9.17) is 0 Å². The summed E-state index contributed by atoms with van der Waals surface area (Å²) in [7, 11) is 2.80. The molecule has 0 bridgehead atoms. The molecule has 0 saturated heterocycles. The molecule has 8 heteroatoms. The number of carbonyl (C=O) groups is 2. The first-order valence-corrected chi connectivity index (χ1v) is 6.14. The predicted molar refractivity (Wildman–Crippen MR) is 74.1 cm³/mol. The minimum atomic E-state index is -4.48. The summed E-state index contributed by atoms with van der Waals surface area (Å²) in [6.07, 6.45) is -4.48. The summed E-state index contributed by atoms with van der Waals surface area (Å²) in [4.78, 5) is 24.9. The Kier molecular flexibility index (Phi) is 5.19. The van der Waals surface area contributed by atoms with Crippen LogP contribution in [0.15, 0.2) is 35.6 Å². The molecule has 22 heavy (non-hydrogen) atoms. The van der Waals surface area contributed by atoms with E-state index in [0.717, 1.165) is 29.2 Å². The number of nitrogens with zero attached hydrogens (tertiary/aromatic N) is 1. The molecular formula is C14H15F3N2O3. The van der Waals surface area contributed by atoms with Crippen LogP contribution in [-0.2, 0) is 15.8 Å². The van der Waals surface area contributed by atoms with Crippen molar-refractivity contribution in [3.63, 3.8) is 0 Å². The van der Waals surface area contributed by atoms with Crippen molar-refractivity contribution in [1.29, 1.82) is 0 Å². The number of amides is 2. The van der Waals surface area contributed by atoms with Gasteiger partial charge in [0.25, 0.3) is 11.8 Å². The first-order chi connectivity index (χ1) is 10.0. The third-order valence-corrected chi connectivity index (χ3v) is 2.68. The number of rotatable bonds is 3.